The van der Waals surface area contributed by atoms with Gasteiger partial charge in [0.1, 0.15) is 12.4 Å². The SMILES string of the molecule is COC(=O)Cc1ccccc1COc1ccccc1SC. The molecule has 21 heavy (non-hydrogen) atoms. The first kappa shape index (κ1) is 15.4. The van der Waals surface area contributed by atoms with Gasteiger partial charge in [0.2, 0.25) is 0 Å². The molecular formula is C17H18O3S. The zero-order chi connectivity index (χ0) is 15.1. The van der Waals surface area contributed by atoms with Crippen LogP contribution in [0.2, 0.25) is 0 Å². The second kappa shape index (κ2) is 7.74. The minimum atomic E-state index is -0.244. The number of para-hydroxylation sites is 1. The van der Waals surface area contributed by atoms with E-state index < -0.39 is 0 Å². The number of carbonyl (C=O) groups is 1. The number of thioether (sulfide) groups is 1. The summed E-state index contributed by atoms with van der Waals surface area (Å²) in [6, 6.07) is 15.7. The third-order valence-corrected chi connectivity index (χ3v) is 3.91. The zero-order valence-corrected chi connectivity index (χ0v) is 13.0. The van der Waals surface area contributed by atoms with Gasteiger partial charge in [0.05, 0.1) is 13.5 Å². The number of rotatable bonds is 6. The average Bonchev–Trinajstić information content (AvgIpc) is 2.54. The molecule has 2 rings (SSSR count). The van der Waals surface area contributed by atoms with E-state index in [1.807, 2.05) is 54.8 Å². The number of hydrogen-bond acceptors (Lipinski definition) is 4. The van der Waals surface area contributed by atoms with E-state index in [0.717, 1.165) is 21.8 Å². The van der Waals surface area contributed by atoms with Crippen molar-refractivity contribution in [2.45, 2.75) is 17.9 Å². The fraction of sp³-hybridized carbons (Fsp3) is 0.235. The van der Waals surface area contributed by atoms with E-state index in [4.69, 9.17) is 9.47 Å². The monoisotopic (exact) mass is 302 g/mol. The Bertz CT molecular complexity index is 610. The van der Waals surface area contributed by atoms with Crippen molar-refractivity contribution in [3.8, 4) is 5.75 Å². The highest BCUT2D eigenvalue weighted by Gasteiger charge is 2.09. The summed E-state index contributed by atoms with van der Waals surface area (Å²) >= 11 is 1.65. The van der Waals surface area contributed by atoms with Crippen LogP contribution >= 0.6 is 11.8 Å². The first-order chi connectivity index (χ1) is 10.2. The normalized spacial score (nSPS) is 10.2. The molecule has 2 aromatic rings. The van der Waals surface area contributed by atoms with Gasteiger partial charge in [-0.2, -0.15) is 0 Å². The van der Waals surface area contributed by atoms with Gasteiger partial charge in [-0.25, -0.2) is 0 Å². The van der Waals surface area contributed by atoms with Crippen LogP contribution in [0.3, 0.4) is 0 Å². The summed E-state index contributed by atoms with van der Waals surface area (Å²) in [5.74, 6) is 0.616. The Labute approximate surface area is 129 Å². The Morgan fingerprint density at radius 2 is 1.71 bits per heavy atom. The second-order valence-electron chi connectivity index (χ2n) is 4.46. The predicted octanol–water partition coefficient (Wildman–Crippen LogP) is 3.70. The lowest BCUT2D eigenvalue weighted by molar-refractivity contribution is -0.139. The highest BCUT2D eigenvalue weighted by Crippen LogP contribution is 2.27. The van der Waals surface area contributed by atoms with E-state index in [9.17, 15) is 4.79 Å². The van der Waals surface area contributed by atoms with Crippen molar-refractivity contribution in [2.75, 3.05) is 13.4 Å². The summed E-state index contributed by atoms with van der Waals surface area (Å²) in [4.78, 5) is 12.5. The Balaban J connectivity index is 2.11. The molecule has 0 aliphatic rings. The molecule has 0 bridgehead atoms. The van der Waals surface area contributed by atoms with E-state index in [-0.39, 0.29) is 12.4 Å². The summed E-state index contributed by atoms with van der Waals surface area (Å²) < 4.78 is 10.6. The maximum atomic E-state index is 11.4. The largest absolute Gasteiger partial charge is 0.488 e. The van der Waals surface area contributed by atoms with Gasteiger partial charge in [0, 0.05) is 4.90 Å². The quantitative estimate of drug-likeness (QED) is 0.602. The minimum absolute atomic E-state index is 0.244. The third-order valence-electron chi connectivity index (χ3n) is 3.13. The van der Waals surface area contributed by atoms with Crippen molar-refractivity contribution in [1.29, 1.82) is 0 Å². The van der Waals surface area contributed by atoms with Crippen LogP contribution in [0.25, 0.3) is 0 Å². The molecule has 0 atom stereocenters. The van der Waals surface area contributed by atoms with Crippen LogP contribution in [0.15, 0.2) is 53.4 Å². The van der Waals surface area contributed by atoms with Crippen molar-refractivity contribution >= 4 is 17.7 Å². The smallest absolute Gasteiger partial charge is 0.309 e. The number of methoxy groups -OCH3 is 1. The van der Waals surface area contributed by atoms with Crippen LogP contribution < -0.4 is 4.74 Å². The lowest BCUT2D eigenvalue weighted by atomic mass is 10.1. The number of esters is 1. The first-order valence-corrected chi connectivity index (χ1v) is 7.86. The minimum Gasteiger partial charge on any atom is -0.488 e. The van der Waals surface area contributed by atoms with Crippen LogP contribution in [0.4, 0.5) is 0 Å². The van der Waals surface area contributed by atoms with E-state index in [2.05, 4.69) is 0 Å². The van der Waals surface area contributed by atoms with E-state index in [1.54, 1.807) is 11.8 Å². The van der Waals surface area contributed by atoms with Gasteiger partial charge in [-0.05, 0) is 29.5 Å². The van der Waals surface area contributed by atoms with Gasteiger partial charge in [-0.15, -0.1) is 11.8 Å². The maximum absolute atomic E-state index is 11.4. The lowest BCUT2D eigenvalue weighted by Crippen LogP contribution is -2.08. The average molecular weight is 302 g/mol. The molecule has 0 aromatic heterocycles. The van der Waals surface area contributed by atoms with Gasteiger partial charge >= 0.3 is 5.97 Å². The molecule has 0 N–H and O–H groups in total. The Kier molecular flexibility index (Phi) is 5.69. The van der Waals surface area contributed by atoms with Crippen LogP contribution in [0.1, 0.15) is 11.1 Å². The first-order valence-electron chi connectivity index (χ1n) is 6.64. The molecule has 0 fully saturated rings. The summed E-state index contributed by atoms with van der Waals surface area (Å²) in [6.07, 6.45) is 2.29. The molecule has 0 unspecified atom stereocenters. The highest BCUT2D eigenvalue weighted by molar-refractivity contribution is 7.98. The topological polar surface area (TPSA) is 35.5 Å². The van der Waals surface area contributed by atoms with Crippen LogP contribution in [0.5, 0.6) is 5.75 Å². The molecule has 110 valence electrons. The zero-order valence-electron chi connectivity index (χ0n) is 12.2. The molecule has 0 spiro atoms. The van der Waals surface area contributed by atoms with Crippen molar-refractivity contribution in [2.24, 2.45) is 0 Å². The van der Waals surface area contributed by atoms with Gasteiger partial charge in [-0.3, -0.25) is 4.79 Å². The standard InChI is InChI=1S/C17H18O3S/c1-19-17(18)11-13-7-3-4-8-14(13)12-20-15-9-5-6-10-16(15)21-2/h3-10H,11-12H2,1-2H3. The van der Waals surface area contributed by atoms with Crippen LogP contribution in [-0.4, -0.2) is 19.3 Å². The van der Waals surface area contributed by atoms with Gasteiger partial charge in [-0.1, -0.05) is 36.4 Å². The number of benzene rings is 2. The molecule has 3 nitrogen and oxygen atoms in total. The fourth-order valence-electron chi connectivity index (χ4n) is 1.99. The molecule has 0 heterocycles. The molecule has 0 saturated carbocycles. The molecule has 0 saturated heterocycles. The van der Waals surface area contributed by atoms with Crippen molar-refractivity contribution in [1.82, 2.24) is 0 Å². The van der Waals surface area contributed by atoms with E-state index >= 15 is 0 Å². The molecular weight excluding hydrogens is 284 g/mol. The second-order valence-corrected chi connectivity index (χ2v) is 5.31. The predicted molar refractivity (Wildman–Crippen MR) is 84.7 cm³/mol. The number of ether oxygens (including phenoxy) is 2. The Morgan fingerprint density at radius 1 is 1.05 bits per heavy atom. The van der Waals surface area contributed by atoms with Crippen LogP contribution in [0, 0.1) is 0 Å². The van der Waals surface area contributed by atoms with E-state index in [0.29, 0.717) is 6.61 Å². The van der Waals surface area contributed by atoms with E-state index in [1.165, 1.54) is 7.11 Å². The summed E-state index contributed by atoms with van der Waals surface area (Å²) in [5, 5.41) is 0. The Hall–Kier alpha value is -1.94. The van der Waals surface area contributed by atoms with Gasteiger partial charge in [0.25, 0.3) is 0 Å². The number of hydrogen-bond donors (Lipinski definition) is 0. The summed E-state index contributed by atoms with van der Waals surface area (Å²) in [7, 11) is 1.40. The number of carbonyl (C=O) groups excluding carboxylic acids is 1. The fourth-order valence-corrected chi connectivity index (χ4v) is 2.53. The van der Waals surface area contributed by atoms with Gasteiger partial charge < -0.3 is 9.47 Å². The molecule has 2 aromatic carbocycles. The van der Waals surface area contributed by atoms with Crippen LogP contribution in [-0.2, 0) is 22.6 Å². The van der Waals surface area contributed by atoms with Gasteiger partial charge in [0.15, 0.2) is 0 Å². The summed E-state index contributed by atoms with van der Waals surface area (Å²) in [5.41, 5.74) is 1.93. The molecule has 0 aliphatic carbocycles. The third kappa shape index (κ3) is 4.26. The molecule has 0 radical (unpaired) electrons. The van der Waals surface area contributed by atoms with Crippen molar-refractivity contribution in [3.63, 3.8) is 0 Å². The van der Waals surface area contributed by atoms with Crippen molar-refractivity contribution in [3.05, 3.63) is 59.7 Å². The summed E-state index contributed by atoms with van der Waals surface area (Å²) in [6.45, 7) is 0.435. The highest BCUT2D eigenvalue weighted by atomic mass is 32.2. The molecule has 4 heteroatoms. The molecule has 0 amide bonds. The maximum Gasteiger partial charge on any atom is 0.309 e. The Morgan fingerprint density at radius 3 is 2.43 bits per heavy atom. The lowest BCUT2D eigenvalue weighted by Gasteiger charge is -2.12. The van der Waals surface area contributed by atoms with Crippen molar-refractivity contribution < 1.29 is 14.3 Å². The molecule has 0 aliphatic heterocycles.